The van der Waals surface area contributed by atoms with Crippen LogP contribution in [-0.4, -0.2) is 34.1 Å². The van der Waals surface area contributed by atoms with Gasteiger partial charge in [-0.2, -0.15) is 0 Å². The van der Waals surface area contributed by atoms with Gasteiger partial charge < -0.3 is 9.47 Å². The molecule has 1 aliphatic rings. The number of hydrogen-bond acceptors (Lipinski definition) is 6. The number of ether oxygens (including phenoxy) is 2. The Morgan fingerprint density at radius 3 is 2.44 bits per heavy atom. The maximum atomic E-state index is 12.5. The molecule has 2 unspecified atom stereocenters. The van der Waals surface area contributed by atoms with E-state index in [1.807, 2.05) is 0 Å². The van der Waals surface area contributed by atoms with Crippen LogP contribution in [0, 0.1) is 5.41 Å². The van der Waals surface area contributed by atoms with E-state index in [0.717, 1.165) is 0 Å². The molecule has 8 heteroatoms. The molecule has 0 aromatic heterocycles. The lowest BCUT2D eigenvalue weighted by Crippen LogP contribution is -2.41. The number of rotatable bonds is 7. The van der Waals surface area contributed by atoms with E-state index < -0.39 is 31.7 Å². The molecule has 6 nitrogen and oxygen atoms in total. The van der Waals surface area contributed by atoms with Crippen molar-refractivity contribution in [2.75, 3.05) is 13.7 Å². The first-order chi connectivity index (χ1) is 12.7. The summed E-state index contributed by atoms with van der Waals surface area (Å²) in [6.45, 7) is 1.74. The lowest BCUT2D eigenvalue weighted by atomic mass is 9.77. The number of carbonyl (C=O) groups excluding carboxylic acids is 2. The van der Waals surface area contributed by atoms with Gasteiger partial charge in [0.1, 0.15) is 5.25 Å². The van der Waals surface area contributed by atoms with Gasteiger partial charge in [-0.25, -0.2) is 8.42 Å². The maximum absolute atomic E-state index is 12.5. The summed E-state index contributed by atoms with van der Waals surface area (Å²) in [5, 5.41) is -1.00. The third-order valence-electron chi connectivity index (χ3n) is 4.37. The third kappa shape index (κ3) is 4.78. The Morgan fingerprint density at radius 1 is 1.22 bits per heavy atom. The highest BCUT2D eigenvalue weighted by atomic mass is 35.7. The number of methoxy groups -OCH3 is 1. The first kappa shape index (κ1) is 21.2. The van der Waals surface area contributed by atoms with Gasteiger partial charge in [-0.05, 0) is 25.3 Å². The molecule has 146 valence electrons. The van der Waals surface area contributed by atoms with E-state index in [0.29, 0.717) is 11.1 Å². The zero-order valence-corrected chi connectivity index (χ0v) is 16.6. The highest BCUT2D eigenvalue weighted by Gasteiger charge is 2.48. The Kier molecular flexibility index (Phi) is 6.84. The molecule has 1 aromatic carbocycles. The number of carbonyl (C=O) groups is 2. The molecule has 0 amide bonds. The molecule has 0 saturated heterocycles. The van der Waals surface area contributed by atoms with Crippen LogP contribution >= 0.6 is 10.7 Å². The van der Waals surface area contributed by atoms with Gasteiger partial charge in [-0.15, -0.1) is 0 Å². The van der Waals surface area contributed by atoms with Crippen molar-refractivity contribution in [2.24, 2.45) is 5.41 Å². The van der Waals surface area contributed by atoms with Crippen molar-refractivity contribution >= 4 is 31.7 Å². The van der Waals surface area contributed by atoms with E-state index in [4.69, 9.17) is 20.2 Å². The van der Waals surface area contributed by atoms with Crippen LogP contribution < -0.4 is 0 Å². The molecule has 1 aliphatic carbocycles. The monoisotopic (exact) mass is 412 g/mol. The Hall–Kier alpha value is -2.12. The first-order valence-corrected chi connectivity index (χ1v) is 10.7. The Balaban J connectivity index is 2.36. The van der Waals surface area contributed by atoms with Gasteiger partial charge in [0.25, 0.3) is 0 Å². The summed E-state index contributed by atoms with van der Waals surface area (Å²) >= 11 is 0. The van der Waals surface area contributed by atoms with Crippen LogP contribution in [0.2, 0.25) is 0 Å². The molecule has 2 atom stereocenters. The highest BCUT2D eigenvalue weighted by Crippen LogP contribution is 2.40. The van der Waals surface area contributed by atoms with Crippen LogP contribution in [0.1, 0.15) is 30.6 Å². The van der Waals surface area contributed by atoms with Gasteiger partial charge in [0, 0.05) is 10.7 Å². The smallest absolute Gasteiger partial charge is 0.327 e. The topological polar surface area (TPSA) is 86.7 Å². The van der Waals surface area contributed by atoms with Crippen molar-refractivity contribution in [2.45, 2.75) is 25.0 Å². The highest BCUT2D eigenvalue weighted by molar-refractivity contribution is 8.13. The number of allylic oxidation sites excluding steroid dienone is 3. The number of hydrogen-bond donors (Lipinski definition) is 0. The van der Waals surface area contributed by atoms with Crippen molar-refractivity contribution in [1.82, 2.24) is 0 Å². The molecule has 0 spiro atoms. The zero-order valence-electron chi connectivity index (χ0n) is 15.1. The molecule has 0 fully saturated rings. The van der Waals surface area contributed by atoms with Gasteiger partial charge >= 0.3 is 11.9 Å². The summed E-state index contributed by atoms with van der Waals surface area (Å²) in [7, 11) is 2.92. The predicted molar refractivity (Wildman–Crippen MR) is 101 cm³/mol. The molecule has 2 rings (SSSR count). The van der Waals surface area contributed by atoms with Crippen molar-refractivity contribution < 1.29 is 27.5 Å². The van der Waals surface area contributed by atoms with Crippen molar-refractivity contribution in [1.29, 1.82) is 0 Å². The quantitative estimate of drug-likeness (QED) is 0.388. The molecule has 0 aliphatic heterocycles. The number of benzene rings is 1. The van der Waals surface area contributed by atoms with Gasteiger partial charge in [0.15, 0.2) is 5.41 Å². The number of halogens is 1. The fraction of sp³-hybridized carbons (Fsp3) is 0.368. The van der Waals surface area contributed by atoms with Gasteiger partial charge in [0.05, 0.1) is 13.7 Å². The third-order valence-corrected chi connectivity index (χ3v) is 6.13. The summed E-state index contributed by atoms with van der Waals surface area (Å²) in [4.78, 5) is 24.8. The van der Waals surface area contributed by atoms with Crippen LogP contribution in [0.3, 0.4) is 0 Å². The molecular weight excluding hydrogens is 392 g/mol. The Morgan fingerprint density at radius 2 is 1.89 bits per heavy atom. The Labute approximate surface area is 163 Å². The molecule has 27 heavy (non-hydrogen) atoms. The summed E-state index contributed by atoms with van der Waals surface area (Å²) in [5.41, 5.74) is -0.525. The van der Waals surface area contributed by atoms with Gasteiger partial charge in [0.2, 0.25) is 9.05 Å². The molecule has 0 N–H and O–H groups in total. The number of esters is 2. The maximum Gasteiger partial charge on any atom is 0.327 e. The summed E-state index contributed by atoms with van der Waals surface area (Å²) in [6, 6.07) is 8.55. The van der Waals surface area contributed by atoms with E-state index in [-0.39, 0.29) is 19.4 Å². The molecule has 0 bridgehead atoms. The summed E-state index contributed by atoms with van der Waals surface area (Å²) in [6.07, 6.45) is 4.64. The second kappa shape index (κ2) is 8.71. The zero-order chi connectivity index (χ0) is 20.1. The molecule has 0 saturated carbocycles. The predicted octanol–water partition coefficient (Wildman–Crippen LogP) is 3.30. The van der Waals surface area contributed by atoms with E-state index in [2.05, 4.69) is 0 Å². The standard InChI is InChI=1S/C19H21ClO6S/c1-3-26-18(22)19(17(21)25-2)11-7-8-14(13-19)12-16(27(20,23)24)15-9-5-4-6-10-15/h4-11,16H,3,12-13H2,1-2H3. The SMILES string of the molecule is CCOC(=O)C1(C(=O)OC)C=CC=C(CC(c2ccccc2)S(=O)(=O)Cl)C1. The minimum Gasteiger partial charge on any atom is -0.468 e. The summed E-state index contributed by atoms with van der Waals surface area (Å²) < 4.78 is 34.1. The average molecular weight is 413 g/mol. The van der Waals surface area contributed by atoms with Crippen molar-refractivity contribution in [3.05, 3.63) is 59.7 Å². The average Bonchev–Trinajstić information content (AvgIpc) is 2.65. The lowest BCUT2D eigenvalue weighted by Gasteiger charge is -2.29. The van der Waals surface area contributed by atoms with E-state index in [9.17, 15) is 18.0 Å². The fourth-order valence-electron chi connectivity index (χ4n) is 3.06. The van der Waals surface area contributed by atoms with Crippen LogP contribution in [0.25, 0.3) is 0 Å². The van der Waals surface area contributed by atoms with Crippen molar-refractivity contribution in [3.8, 4) is 0 Å². The first-order valence-electron chi connectivity index (χ1n) is 8.36. The normalized spacial score (nSPS) is 20.5. The van der Waals surface area contributed by atoms with Crippen LogP contribution in [0.15, 0.2) is 54.1 Å². The van der Waals surface area contributed by atoms with Crippen molar-refractivity contribution in [3.63, 3.8) is 0 Å². The van der Waals surface area contributed by atoms with Gasteiger partial charge in [-0.3, -0.25) is 9.59 Å². The Bertz CT molecular complexity index is 859. The fourth-order valence-corrected chi connectivity index (χ4v) is 4.45. The largest absolute Gasteiger partial charge is 0.468 e. The minimum absolute atomic E-state index is 0.0370. The molecule has 0 radical (unpaired) electrons. The summed E-state index contributed by atoms with van der Waals surface area (Å²) in [5.74, 6) is -1.49. The molecule has 0 heterocycles. The van der Waals surface area contributed by atoms with Crippen LogP contribution in [0.4, 0.5) is 0 Å². The minimum atomic E-state index is -3.94. The van der Waals surface area contributed by atoms with E-state index >= 15 is 0 Å². The molecule has 1 aromatic rings. The van der Waals surface area contributed by atoms with Crippen LogP contribution in [0.5, 0.6) is 0 Å². The van der Waals surface area contributed by atoms with Gasteiger partial charge in [-0.1, -0.05) is 54.1 Å². The van der Waals surface area contributed by atoms with E-state index in [1.54, 1.807) is 43.3 Å². The second-order valence-corrected chi connectivity index (χ2v) is 8.93. The van der Waals surface area contributed by atoms with E-state index in [1.165, 1.54) is 19.3 Å². The second-order valence-electron chi connectivity index (χ2n) is 6.12. The molecular formula is C19H21ClO6S. The lowest BCUT2D eigenvalue weighted by molar-refractivity contribution is -0.166. The van der Waals surface area contributed by atoms with Crippen LogP contribution in [-0.2, 0) is 28.1 Å².